The second-order valence-corrected chi connectivity index (χ2v) is 7.14. The van der Waals surface area contributed by atoms with E-state index in [1.807, 2.05) is 6.07 Å². The number of rotatable bonds is 5. The third-order valence-electron chi connectivity index (χ3n) is 5.32. The van der Waals surface area contributed by atoms with E-state index < -0.39 is 11.4 Å². The molecule has 2 fully saturated rings. The number of hydrogen-bond acceptors (Lipinski definition) is 4. The molecular weight excluding hydrogens is 304 g/mol. The zero-order valence-corrected chi connectivity index (χ0v) is 14.5. The Labute approximate surface area is 143 Å². The molecule has 0 radical (unpaired) electrons. The van der Waals surface area contributed by atoms with Crippen molar-refractivity contribution in [1.82, 2.24) is 10.2 Å². The predicted octanol–water partition coefficient (Wildman–Crippen LogP) is 1.97. The number of carbonyl (C=O) groups is 2. The minimum atomic E-state index is -0.907. The maximum Gasteiger partial charge on any atom is 0.321 e. The normalized spacial score (nSPS) is 25.8. The van der Waals surface area contributed by atoms with Crippen LogP contribution in [0.1, 0.15) is 31.7 Å². The molecule has 1 heterocycles. The van der Waals surface area contributed by atoms with Crippen molar-refractivity contribution in [2.75, 3.05) is 20.2 Å². The molecule has 5 heteroatoms. The number of nitrogens with zero attached hydrogens (tertiary/aromatic N) is 1. The van der Waals surface area contributed by atoms with Crippen LogP contribution in [0.2, 0.25) is 0 Å². The summed E-state index contributed by atoms with van der Waals surface area (Å²) in [6, 6.07) is 10.6. The first-order chi connectivity index (χ1) is 11.5. The standard InChI is InChI=1S/C19H26N2O3/c1-14-12-21(13-15-6-4-3-5-7-15)11-8-16(14)20-17(22)19(9-10-19)18(23)24-2/h3-7,14,16H,8-13H2,1-2H3,(H,20,22). The maximum atomic E-state index is 12.5. The fourth-order valence-electron chi connectivity index (χ4n) is 3.58. The quantitative estimate of drug-likeness (QED) is 0.662. The molecule has 2 unspecified atom stereocenters. The highest BCUT2D eigenvalue weighted by atomic mass is 16.5. The predicted molar refractivity (Wildman–Crippen MR) is 91.1 cm³/mol. The van der Waals surface area contributed by atoms with Gasteiger partial charge in [0.15, 0.2) is 0 Å². The average molecular weight is 330 g/mol. The van der Waals surface area contributed by atoms with Crippen molar-refractivity contribution < 1.29 is 14.3 Å². The average Bonchev–Trinajstić information content (AvgIpc) is 3.39. The van der Waals surface area contributed by atoms with Crippen LogP contribution < -0.4 is 5.32 Å². The van der Waals surface area contributed by atoms with Crippen LogP contribution >= 0.6 is 0 Å². The summed E-state index contributed by atoms with van der Waals surface area (Å²) in [7, 11) is 1.35. The van der Waals surface area contributed by atoms with Gasteiger partial charge in [-0.2, -0.15) is 0 Å². The van der Waals surface area contributed by atoms with Gasteiger partial charge in [0.05, 0.1) is 7.11 Å². The fourth-order valence-corrected chi connectivity index (χ4v) is 3.58. The first-order valence-corrected chi connectivity index (χ1v) is 8.71. The number of hydrogen-bond donors (Lipinski definition) is 1. The summed E-state index contributed by atoms with van der Waals surface area (Å²) in [5.74, 6) is -0.184. The molecule has 1 aromatic rings. The monoisotopic (exact) mass is 330 g/mol. The van der Waals surface area contributed by atoms with Gasteiger partial charge in [-0.05, 0) is 30.7 Å². The lowest BCUT2D eigenvalue weighted by Crippen LogP contribution is -2.52. The van der Waals surface area contributed by atoms with E-state index in [0.717, 1.165) is 26.1 Å². The molecule has 1 saturated heterocycles. The molecule has 130 valence electrons. The maximum absolute atomic E-state index is 12.5. The Bertz CT molecular complexity index is 598. The highest BCUT2D eigenvalue weighted by Crippen LogP contribution is 2.47. The summed E-state index contributed by atoms with van der Waals surface area (Å²) in [6.07, 6.45) is 2.12. The molecule has 1 N–H and O–H groups in total. The molecule has 5 nitrogen and oxygen atoms in total. The zero-order valence-electron chi connectivity index (χ0n) is 14.5. The van der Waals surface area contributed by atoms with Gasteiger partial charge in [0, 0.05) is 25.7 Å². The number of ether oxygens (including phenoxy) is 1. The van der Waals surface area contributed by atoms with E-state index in [1.165, 1.54) is 12.7 Å². The lowest BCUT2D eigenvalue weighted by atomic mass is 9.92. The molecule has 1 aliphatic carbocycles. The Morgan fingerprint density at radius 1 is 1.29 bits per heavy atom. The van der Waals surface area contributed by atoms with Crippen molar-refractivity contribution in [3.05, 3.63) is 35.9 Å². The zero-order chi connectivity index (χ0) is 17.2. The Morgan fingerprint density at radius 2 is 2.00 bits per heavy atom. The van der Waals surface area contributed by atoms with Gasteiger partial charge in [-0.3, -0.25) is 14.5 Å². The van der Waals surface area contributed by atoms with Crippen LogP contribution in [0.5, 0.6) is 0 Å². The molecular formula is C19H26N2O3. The van der Waals surface area contributed by atoms with E-state index in [-0.39, 0.29) is 11.9 Å². The molecule has 24 heavy (non-hydrogen) atoms. The topological polar surface area (TPSA) is 58.6 Å². The van der Waals surface area contributed by atoms with E-state index in [9.17, 15) is 9.59 Å². The molecule has 0 bridgehead atoms. The second-order valence-electron chi connectivity index (χ2n) is 7.14. The molecule has 0 spiro atoms. The minimum absolute atomic E-state index is 0.131. The van der Waals surface area contributed by atoms with Crippen LogP contribution in [-0.4, -0.2) is 43.0 Å². The van der Waals surface area contributed by atoms with Crippen LogP contribution in [0.25, 0.3) is 0 Å². The fraction of sp³-hybridized carbons (Fsp3) is 0.579. The van der Waals surface area contributed by atoms with E-state index in [2.05, 4.69) is 41.4 Å². The molecule has 2 aliphatic rings. The molecule has 2 atom stereocenters. The first-order valence-electron chi connectivity index (χ1n) is 8.71. The first kappa shape index (κ1) is 17.0. The summed E-state index contributed by atoms with van der Waals surface area (Å²) in [4.78, 5) is 26.7. The van der Waals surface area contributed by atoms with Gasteiger partial charge < -0.3 is 10.1 Å². The number of nitrogens with one attached hydrogen (secondary N) is 1. The Balaban J connectivity index is 1.53. The number of esters is 1. The molecule has 1 aliphatic heterocycles. The van der Waals surface area contributed by atoms with Crippen LogP contribution in [0, 0.1) is 11.3 Å². The van der Waals surface area contributed by atoms with Gasteiger partial charge in [-0.15, -0.1) is 0 Å². The minimum Gasteiger partial charge on any atom is -0.468 e. The van der Waals surface area contributed by atoms with E-state index >= 15 is 0 Å². The third-order valence-corrected chi connectivity index (χ3v) is 5.32. The molecule has 1 amide bonds. The Kier molecular flexibility index (Phi) is 4.90. The molecule has 1 aromatic carbocycles. The summed E-state index contributed by atoms with van der Waals surface area (Å²) in [6.45, 7) is 5.01. The van der Waals surface area contributed by atoms with Gasteiger partial charge in [0.2, 0.25) is 5.91 Å². The van der Waals surface area contributed by atoms with Crippen LogP contribution in [0.15, 0.2) is 30.3 Å². The van der Waals surface area contributed by atoms with Crippen molar-refractivity contribution in [3.63, 3.8) is 0 Å². The number of piperidine rings is 1. The van der Waals surface area contributed by atoms with Crippen molar-refractivity contribution in [3.8, 4) is 0 Å². The van der Waals surface area contributed by atoms with Crippen molar-refractivity contribution >= 4 is 11.9 Å². The highest BCUT2D eigenvalue weighted by molar-refractivity contribution is 6.05. The van der Waals surface area contributed by atoms with Crippen LogP contribution in [0.4, 0.5) is 0 Å². The van der Waals surface area contributed by atoms with Crippen molar-refractivity contribution in [2.45, 2.75) is 38.8 Å². The van der Waals surface area contributed by atoms with Crippen LogP contribution in [-0.2, 0) is 20.9 Å². The molecule has 0 aromatic heterocycles. The largest absolute Gasteiger partial charge is 0.468 e. The highest BCUT2D eigenvalue weighted by Gasteiger charge is 2.58. The summed E-state index contributed by atoms with van der Waals surface area (Å²) >= 11 is 0. The summed E-state index contributed by atoms with van der Waals surface area (Å²) in [5, 5.41) is 3.10. The van der Waals surface area contributed by atoms with E-state index in [4.69, 9.17) is 4.74 Å². The smallest absolute Gasteiger partial charge is 0.321 e. The molecule has 1 saturated carbocycles. The lowest BCUT2D eigenvalue weighted by Gasteiger charge is -2.37. The number of amides is 1. The van der Waals surface area contributed by atoms with Crippen LogP contribution in [0.3, 0.4) is 0 Å². The van der Waals surface area contributed by atoms with E-state index in [0.29, 0.717) is 18.8 Å². The van der Waals surface area contributed by atoms with E-state index in [1.54, 1.807) is 0 Å². The summed E-state index contributed by atoms with van der Waals surface area (Å²) < 4.78 is 4.79. The number of methoxy groups -OCH3 is 1. The molecule has 3 rings (SSSR count). The Hall–Kier alpha value is -1.88. The van der Waals surface area contributed by atoms with Gasteiger partial charge in [0.25, 0.3) is 0 Å². The van der Waals surface area contributed by atoms with Gasteiger partial charge >= 0.3 is 5.97 Å². The third kappa shape index (κ3) is 3.46. The summed E-state index contributed by atoms with van der Waals surface area (Å²) in [5.41, 5.74) is 0.408. The van der Waals surface area contributed by atoms with Crippen molar-refractivity contribution in [2.24, 2.45) is 11.3 Å². The lowest BCUT2D eigenvalue weighted by molar-refractivity contribution is -0.152. The number of benzene rings is 1. The number of likely N-dealkylation sites (tertiary alicyclic amines) is 1. The van der Waals surface area contributed by atoms with Gasteiger partial charge in [-0.25, -0.2) is 0 Å². The van der Waals surface area contributed by atoms with Crippen molar-refractivity contribution in [1.29, 1.82) is 0 Å². The number of carbonyl (C=O) groups excluding carboxylic acids is 2. The second kappa shape index (κ2) is 6.93. The van der Waals surface area contributed by atoms with Gasteiger partial charge in [0.1, 0.15) is 5.41 Å². The van der Waals surface area contributed by atoms with Gasteiger partial charge in [-0.1, -0.05) is 37.3 Å². The Morgan fingerprint density at radius 3 is 2.58 bits per heavy atom. The SMILES string of the molecule is COC(=O)C1(C(=O)NC2CCN(Cc3ccccc3)CC2C)CC1.